The van der Waals surface area contributed by atoms with Crippen molar-refractivity contribution in [2.45, 2.75) is 19.9 Å². The van der Waals surface area contributed by atoms with Crippen molar-refractivity contribution in [2.24, 2.45) is 12.8 Å². The van der Waals surface area contributed by atoms with Crippen LogP contribution in [0.15, 0.2) is 36.4 Å². The van der Waals surface area contributed by atoms with Gasteiger partial charge in [0.05, 0.1) is 16.6 Å². The summed E-state index contributed by atoms with van der Waals surface area (Å²) in [5, 5.41) is 7.72. The van der Waals surface area contributed by atoms with Gasteiger partial charge in [-0.25, -0.2) is 4.98 Å². The molecule has 7 heteroatoms. The van der Waals surface area contributed by atoms with Crippen LogP contribution in [0, 0.1) is 13.8 Å². The van der Waals surface area contributed by atoms with Gasteiger partial charge in [-0.3, -0.25) is 14.3 Å². The highest BCUT2D eigenvalue weighted by Gasteiger charge is 2.24. The standard InChI is InChI=1S/C18H19N5O2/c1-10-9-13(14-11(2)22-23(3)17(14)20-10)18(25)21-15(16(19)24)12-7-5-4-6-8-12/h4-9,15H,1-3H3,(H2,19,24)(H,21,25). The molecule has 3 N–H and O–H groups in total. The van der Waals surface area contributed by atoms with E-state index in [0.29, 0.717) is 33.5 Å². The Bertz CT molecular complexity index is 963. The van der Waals surface area contributed by atoms with E-state index in [9.17, 15) is 9.59 Å². The Morgan fingerprint density at radius 2 is 1.88 bits per heavy atom. The number of nitrogens with zero attached hydrogens (tertiary/aromatic N) is 3. The van der Waals surface area contributed by atoms with Gasteiger partial charge in [0.15, 0.2) is 5.65 Å². The number of fused-ring (bicyclic) bond motifs is 1. The van der Waals surface area contributed by atoms with Gasteiger partial charge in [0.25, 0.3) is 5.91 Å². The summed E-state index contributed by atoms with van der Waals surface area (Å²) in [6.45, 7) is 3.63. The number of amides is 2. The van der Waals surface area contributed by atoms with Gasteiger partial charge in [-0.05, 0) is 25.5 Å². The lowest BCUT2D eigenvalue weighted by Crippen LogP contribution is -2.37. The van der Waals surface area contributed by atoms with Gasteiger partial charge in [0.1, 0.15) is 6.04 Å². The number of hydrogen-bond acceptors (Lipinski definition) is 4. The zero-order chi connectivity index (χ0) is 18.1. The van der Waals surface area contributed by atoms with Crippen LogP contribution in [-0.2, 0) is 11.8 Å². The molecule has 2 aromatic heterocycles. The molecule has 3 rings (SSSR count). The molecule has 25 heavy (non-hydrogen) atoms. The van der Waals surface area contributed by atoms with E-state index in [1.807, 2.05) is 13.0 Å². The number of carbonyl (C=O) groups excluding carboxylic acids is 2. The van der Waals surface area contributed by atoms with E-state index < -0.39 is 11.9 Å². The van der Waals surface area contributed by atoms with Crippen LogP contribution in [0.2, 0.25) is 0 Å². The molecule has 0 saturated heterocycles. The maximum absolute atomic E-state index is 12.9. The Kier molecular flexibility index (Phi) is 4.22. The molecular weight excluding hydrogens is 318 g/mol. The predicted octanol–water partition coefficient (Wildman–Crippen LogP) is 1.54. The average Bonchev–Trinajstić information content (AvgIpc) is 2.86. The predicted molar refractivity (Wildman–Crippen MR) is 93.8 cm³/mol. The van der Waals surface area contributed by atoms with E-state index >= 15 is 0 Å². The second kappa shape index (κ2) is 6.35. The molecule has 0 bridgehead atoms. The monoisotopic (exact) mass is 337 g/mol. The van der Waals surface area contributed by atoms with Crippen LogP contribution < -0.4 is 11.1 Å². The number of aryl methyl sites for hydroxylation is 3. The van der Waals surface area contributed by atoms with Crippen molar-refractivity contribution in [1.29, 1.82) is 0 Å². The minimum Gasteiger partial charge on any atom is -0.368 e. The first kappa shape index (κ1) is 16.6. The summed E-state index contributed by atoms with van der Waals surface area (Å²) in [7, 11) is 1.78. The number of benzene rings is 1. The normalized spacial score (nSPS) is 12.1. The highest BCUT2D eigenvalue weighted by atomic mass is 16.2. The first-order chi connectivity index (χ1) is 11.9. The summed E-state index contributed by atoms with van der Waals surface area (Å²) in [4.78, 5) is 29.2. The molecule has 0 spiro atoms. The maximum atomic E-state index is 12.9. The quantitative estimate of drug-likeness (QED) is 0.753. The molecule has 2 heterocycles. The van der Waals surface area contributed by atoms with E-state index in [-0.39, 0.29) is 5.91 Å². The van der Waals surface area contributed by atoms with Crippen molar-refractivity contribution in [3.63, 3.8) is 0 Å². The van der Waals surface area contributed by atoms with Gasteiger partial charge in [0, 0.05) is 12.7 Å². The topological polar surface area (TPSA) is 103 Å². The number of aromatic nitrogens is 3. The number of primary amides is 1. The van der Waals surface area contributed by atoms with Crippen LogP contribution >= 0.6 is 0 Å². The third-order valence-electron chi connectivity index (χ3n) is 4.03. The third kappa shape index (κ3) is 3.08. The van der Waals surface area contributed by atoms with E-state index in [4.69, 9.17) is 5.73 Å². The van der Waals surface area contributed by atoms with Crippen molar-refractivity contribution < 1.29 is 9.59 Å². The second-order valence-electron chi connectivity index (χ2n) is 5.94. The molecular formula is C18H19N5O2. The fourth-order valence-corrected chi connectivity index (χ4v) is 2.92. The molecule has 1 aromatic carbocycles. The smallest absolute Gasteiger partial charge is 0.253 e. The Hall–Kier alpha value is -3.22. The van der Waals surface area contributed by atoms with Crippen LogP contribution in [0.25, 0.3) is 11.0 Å². The molecule has 0 aliphatic carbocycles. The van der Waals surface area contributed by atoms with Crippen LogP contribution in [0.4, 0.5) is 0 Å². The number of carbonyl (C=O) groups is 2. The molecule has 0 aliphatic heterocycles. The average molecular weight is 337 g/mol. The summed E-state index contributed by atoms with van der Waals surface area (Å²) in [5.74, 6) is -1.01. The lowest BCUT2D eigenvalue weighted by molar-refractivity contribution is -0.120. The molecule has 1 atom stereocenters. The van der Waals surface area contributed by atoms with E-state index in [1.54, 1.807) is 49.0 Å². The van der Waals surface area contributed by atoms with Gasteiger partial charge < -0.3 is 11.1 Å². The third-order valence-corrected chi connectivity index (χ3v) is 4.03. The second-order valence-corrected chi connectivity index (χ2v) is 5.94. The Morgan fingerprint density at radius 1 is 1.20 bits per heavy atom. The van der Waals surface area contributed by atoms with Gasteiger partial charge in [-0.2, -0.15) is 5.10 Å². The molecule has 3 aromatic rings. The van der Waals surface area contributed by atoms with Gasteiger partial charge in [0.2, 0.25) is 5.91 Å². The van der Waals surface area contributed by atoms with Crippen LogP contribution in [-0.4, -0.2) is 26.6 Å². The Labute approximate surface area is 144 Å². The summed E-state index contributed by atoms with van der Waals surface area (Å²) in [6.07, 6.45) is 0. The van der Waals surface area contributed by atoms with Crippen molar-refractivity contribution in [3.05, 3.63) is 58.9 Å². The molecule has 7 nitrogen and oxygen atoms in total. The van der Waals surface area contributed by atoms with Crippen molar-refractivity contribution in [1.82, 2.24) is 20.1 Å². The molecule has 0 aliphatic rings. The van der Waals surface area contributed by atoms with Crippen LogP contribution in [0.1, 0.15) is 33.4 Å². The van der Waals surface area contributed by atoms with E-state index in [1.165, 1.54) is 0 Å². The first-order valence-electron chi connectivity index (χ1n) is 7.84. The molecule has 0 saturated carbocycles. The molecule has 128 valence electrons. The molecule has 2 amide bonds. The SMILES string of the molecule is Cc1cc(C(=O)NC(C(N)=O)c2ccccc2)c2c(C)nn(C)c2n1. The highest BCUT2D eigenvalue weighted by Crippen LogP contribution is 2.22. The summed E-state index contributed by atoms with van der Waals surface area (Å²) in [5.41, 5.74) is 8.56. The summed E-state index contributed by atoms with van der Waals surface area (Å²) >= 11 is 0. The minimum atomic E-state index is -0.908. The largest absolute Gasteiger partial charge is 0.368 e. The summed E-state index contributed by atoms with van der Waals surface area (Å²) in [6, 6.07) is 9.69. The van der Waals surface area contributed by atoms with Gasteiger partial charge in [-0.15, -0.1) is 0 Å². The van der Waals surface area contributed by atoms with E-state index in [2.05, 4.69) is 15.4 Å². The number of nitrogens with two attached hydrogens (primary N) is 1. The van der Waals surface area contributed by atoms with Crippen molar-refractivity contribution in [2.75, 3.05) is 0 Å². The van der Waals surface area contributed by atoms with Crippen LogP contribution in [0.5, 0.6) is 0 Å². The van der Waals surface area contributed by atoms with Crippen molar-refractivity contribution >= 4 is 22.8 Å². The number of rotatable bonds is 4. The first-order valence-corrected chi connectivity index (χ1v) is 7.84. The molecule has 0 fully saturated rings. The Morgan fingerprint density at radius 3 is 2.52 bits per heavy atom. The summed E-state index contributed by atoms with van der Waals surface area (Å²) < 4.78 is 1.64. The minimum absolute atomic E-state index is 0.390. The zero-order valence-electron chi connectivity index (χ0n) is 14.3. The van der Waals surface area contributed by atoms with Crippen molar-refractivity contribution in [3.8, 4) is 0 Å². The lowest BCUT2D eigenvalue weighted by atomic mass is 10.0. The molecule has 0 radical (unpaired) electrons. The van der Waals surface area contributed by atoms with Crippen LogP contribution in [0.3, 0.4) is 0 Å². The van der Waals surface area contributed by atoms with Gasteiger partial charge >= 0.3 is 0 Å². The Balaban J connectivity index is 2.03. The zero-order valence-corrected chi connectivity index (χ0v) is 14.3. The highest BCUT2D eigenvalue weighted by molar-refractivity contribution is 6.07. The fraction of sp³-hybridized carbons (Fsp3) is 0.222. The fourth-order valence-electron chi connectivity index (χ4n) is 2.92. The lowest BCUT2D eigenvalue weighted by Gasteiger charge is -2.16. The van der Waals surface area contributed by atoms with E-state index in [0.717, 1.165) is 0 Å². The molecule has 1 unspecified atom stereocenters. The number of hydrogen-bond donors (Lipinski definition) is 2. The number of nitrogens with one attached hydrogen (secondary N) is 1. The van der Waals surface area contributed by atoms with Gasteiger partial charge in [-0.1, -0.05) is 30.3 Å². The number of pyridine rings is 1. The maximum Gasteiger partial charge on any atom is 0.253 e.